The van der Waals surface area contributed by atoms with Gasteiger partial charge in [0, 0.05) is 17.8 Å². The zero-order chi connectivity index (χ0) is 13.2. The summed E-state index contributed by atoms with van der Waals surface area (Å²) in [6, 6.07) is -0.329. The van der Waals surface area contributed by atoms with Crippen LogP contribution in [-0.4, -0.2) is 28.7 Å². The molecule has 0 radical (unpaired) electrons. The number of halogens is 3. The highest BCUT2D eigenvalue weighted by atomic mass is 19.4. The van der Waals surface area contributed by atoms with Crippen molar-refractivity contribution in [3.8, 4) is 0 Å². The number of hydrogen-bond donors (Lipinski definition) is 1. The molecule has 2 N–H and O–H groups in total. The second-order valence-corrected chi connectivity index (χ2v) is 4.07. The highest BCUT2D eigenvalue weighted by Gasteiger charge is 2.33. The summed E-state index contributed by atoms with van der Waals surface area (Å²) in [7, 11) is 0. The molecule has 0 spiro atoms. The number of anilines is 2. The third-order valence-electron chi connectivity index (χ3n) is 2.21. The first kappa shape index (κ1) is 13.5. The fourth-order valence-corrected chi connectivity index (χ4v) is 1.43. The monoisotopic (exact) mass is 248 g/mol. The van der Waals surface area contributed by atoms with Crippen LogP contribution in [0.25, 0.3) is 0 Å². The topological polar surface area (TPSA) is 55.0 Å². The molecule has 0 aliphatic carbocycles. The molecule has 0 aromatic carbocycles. The summed E-state index contributed by atoms with van der Waals surface area (Å²) >= 11 is 0. The fraction of sp³-hybridized carbons (Fsp3) is 0.600. The molecular weight excluding hydrogens is 233 g/mol. The molecule has 1 rings (SSSR count). The quantitative estimate of drug-likeness (QED) is 0.890. The van der Waals surface area contributed by atoms with Crippen molar-refractivity contribution in [1.29, 1.82) is 0 Å². The second-order valence-electron chi connectivity index (χ2n) is 4.07. The van der Waals surface area contributed by atoms with Crippen LogP contribution in [0.2, 0.25) is 0 Å². The standard InChI is InChI=1S/C10H15F3N4/c1-6(2)17(5-10(11,12)13)8-7(3)4-15-9(14)16-8/h4,6H,5H2,1-3H3,(H2,14,15,16). The lowest BCUT2D eigenvalue weighted by Crippen LogP contribution is -2.40. The lowest BCUT2D eigenvalue weighted by Gasteiger charge is -2.29. The van der Waals surface area contributed by atoms with Crippen LogP contribution >= 0.6 is 0 Å². The van der Waals surface area contributed by atoms with E-state index in [-0.39, 0.29) is 17.8 Å². The Labute approximate surface area is 97.7 Å². The van der Waals surface area contributed by atoms with E-state index >= 15 is 0 Å². The van der Waals surface area contributed by atoms with Crippen LogP contribution in [-0.2, 0) is 0 Å². The van der Waals surface area contributed by atoms with Crippen LogP contribution in [0.5, 0.6) is 0 Å². The van der Waals surface area contributed by atoms with E-state index in [1.807, 2.05) is 0 Å². The van der Waals surface area contributed by atoms with Gasteiger partial charge in [0.15, 0.2) is 0 Å². The van der Waals surface area contributed by atoms with E-state index < -0.39 is 12.7 Å². The molecule has 17 heavy (non-hydrogen) atoms. The van der Waals surface area contributed by atoms with Crippen molar-refractivity contribution in [2.75, 3.05) is 17.2 Å². The SMILES string of the molecule is Cc1cnc(N)nc1N(CC(F)(F)F)C(C)C. The predicted octanol–water partition coefficient (Wildman–Crippen LogP) is 2.14. The van der Waals surface area contributed by atoms with E-state index in [2.05, 4.69) is 9.97 Å². The maximum absolute atomic E-state index is 12.5. The number of nitrogens with two attached hydrogens (primary N) is 1. The van der Waals surface area contributed by atoms with Crippen molar-refractivity contribution in [1.82, 2.24) is 9.97 Å². The van der Waals surface area contributed by atoms with Crippen molar-refractivity contribution < 1.29 is 13.2 Å². The van der Waals surface area contributed by atoms with Gasteiger partial charge in [-0.15, -0.1) is 0 Å². The molecule has 0 unspecified atom stereocenters. The van der Waals surface area contributed by atoms with Gasteiger partial charge >= 0.3 is 6.18 Å². The Morgan fingerprint density at radius 3 is 2.47 bits per heavy atom. The van der Waals surface area contributed by atoms with Gasteiger partial charge in [-0.1, -0.05) is 0 Å². The van der Waals surface area contributed by atoms with Crippen LogP contribution in [0.3, 0.4) is 0 Å². The lowest BCUT2D eigenvalue weighted by molar-refractivity contribution is -0.120. The zero-order valence-electron chi connectivity index (χ0n) is 9.91. The minimum Gasteiger partial charge on any atom is -0.368 e. The van der Waals surface area contributed by atoms with Crippen LogP contribution in [0, 0.1) is 6.92 Å². The van der Waals surface area contributed by atoms with Crippen LogP contribution < -0.4 is 10.6 Å². The van der Waals surface area contributed by atoms with Gasteiger partial charge < -0.3 is 10.6 Å². The molecule has 1 heterocycles. The van der Waals surface area contributed by atoms with Gasteiger partial charge in [-0.2, -0.15) is 18.2 Å². The molecule has 1 aromatic rings. The van der Waals surface area contributed by atoms with Crippen LogP contribution in [0.15, 0.2) is 6.20 Å². The maximum atomic E-state index is 12.5. The first-order valence-corrected chi connectivity index (χ1v) is 5.13. The van der Waals surface area contributed by atoms with Crippen molar-refractivity contribution in [2.24, 2.45) is 0 Å². The molecular formula is C10H15F3N4. The number of hydrogen-bond acceptors (Lipinski definition) is 4. The summed E-state index contributed by atoms with van der Waals surface area (Å²) in [5.74, 6) is 0.197. The molecule has 0 aliphatic rings. The number of aryl methyl sites for hydroxylation is 1. The Morgan fingerprint density at radius 1 is 1.41 bits per heavy atom. The molecule has 1 aromatic heterocycles. The number of aromatic nitrogens is 2. The summed E-state index contributed by atoms with van der Waals surface area (Å²) in [4.78, 5) is 8.77. The molecule has 0 saturated carbocycles. The van der Waals surface area contributed by atoms with E-state index in [4.69, 9.17) is 5.73 Å². The number of nitrogen functional groups attached to an aromatic ring is 1. The summed E-state index contributed by atoms with van der Waals surface area (Å²) < 4.78 is 37.4. The Morgan fingerprint density at radius 2 is 2.00 bits per heavy atom. The van der Waals surface area contributed by atoms with Crippen molar-refractivity contribution in [2.45, 2.75) is 33.0 Å². The van der Waals surface area contributed by atoms with Gasteiger partial charge in [0.25, 0.3) is 0 Å². The molecule has 0 bridgehead atoms. The van der Waals surface area contributed by atoms with Gasteiger partial charge in [0.1, 0.15) is 12.4 Å². The Hall–Kier alpha value is -1.53. The van der Waals surface area contributed by atoms with Crippen molar-refractivity contribution in [3.63, 3.8) is 0 Å². The first-order valence-electron chi connectivity index (χ1n) is 5.13. The van der Waals surface area contributed by atoms with Gasteiger partial charge in [-0.3, -0.25) is 0 Å². The van der Waals surface area contributed by atoms with E-state index in [9.17, 15) is 13.2 Å². The van der Waals surface area contributed by atoms with Crippen molar-refractivity contribution in [3.05, 3.63) is 11.8 Å². The van der Waals surface area contributed by atoms with E-state index in [1.165, 1.54) is 6.20 Å². The van der Waals surface area contributed by atoms with Gasteiger partial charge in [0.05, 0.1) is 0 Å². The Balaban J connectivity index is 3.10. The van der Waals surface area contributed by atoms with E-state index in [0.29, 0.717) is 5.56 Å². The molecule has 4 nitrogen and oxygen atoms in total. The minimum absolute atomic E-state index is 0.0292. The number of rotatable bonds is 3. The average molecular weight is 248 g/mol. The molecule has 0 fully saturated rings. The van der Waals surface area contributed by atoms with E-state index in [1.54, 1.807) is 20.8 Å². The Bertz CT molecular complexity index is 390. The fourth-order valence-electron chi connectivity index (χ4n) is 1.43. The summed E-state index contributed by atoms with van der Waals surface area (Å²) in [5, 5.41) is 0. The number of alkyl halides is 3. The minimum atomic E-state index is -4.28. The van der Waals surface area contributed by atoms with Crippen LogP contribution in [0.1, 0.15) is 19.4 Å². The summed E-state index contributed by atoms with van der Waals surface area (Å²) in [6.07, 6.45) is -2.86. The lowest BCUT2D eigenvalue weighted by atomic mass is 10.2. The second kappa shape index (κ2) is 4.77. The third-order valence-corrected chi connectivity index (χ3v) is 2.21. The molecule has 0 amide bonds. The van der Waals surface area contributed by atoms with E-state index in [0.717, 1.165) is 4.90 Å². The highest BCUT2D eigenvalue weighted by molar-refractivity contribution is 5.48. The normalized spacial score (nSPS) is 11.9. The largest absolute Gasteiger partial charge is 0.405 e. The van der Waals surface area contributed by atoms with Crippen molar-refractivity contribution >= 4 is 11.8 Å². The third kappa shape index (κ3) is 3.76. The maximum Gasteiger partial charge on any atom is 0.405 e. The molecule has 96 valence electrons. The van der Waals surface area contributed by atoms with Gasteiger partial charge in [-0.25, -0.2) is 4.98 Å². The first-order chi connectivity index (χ1) is 7.70. The van der Waals surface area contributed by atoms with Crippen LogP contribution in [0.4, 0.5) is 24.9 Å². The summed E-state index contributed by atoms with van der Waals surface area (Å²) in [6.45, 7) is 3.94. The average Bonchev–Trinajstić information content (AvgIpc) is 2.17. The zero-order valence-corrected chi connectivity index (χ0v) is 9.91. The predicted molar refractivity (Wildman–Crippen MR) is 59.7 cm³/mol. The molecule has 7 heteroatoms. The molecule has 0 atom stereocenters. The smallest absolute Gasteiger partial charge is 0.368 e. The van der Waals surface area contributed by atoms with Gasteiger partial charge in [0.2, 0.25) is 5.95 Å². The van der Waals surface area contributed by atoms with Gasteiger partial charge in [-0.05, 0) is 20.8 Å². The Kier molecular flexibility index (Phi) is 3.79. The highest BCUT2D eigenvalue weighted by Crippen LogP contribution is 2.25. The number of nitrogens with zero attached hydrogens (tertiary/aromatic N) is 3. The summed E-state index contributed by atoms with van der Waals surface area (Å²) in [5.41, 5.74) is 5.97. The molecule has 0 saturated heterocycles. The molecule has 0 aliphatic heterocycles.